The molecule has 170 valence electrons. The second-order valence-electron chi connectivity index (χ2n) is 8.33. The molecule has 1 aliphatic heterocycles. The maximum Gasteiger partial charge on any atom is 0.258 e. The van der Waals surface area contributed by atoms with Gasteiger partial charge in [-0.1, -0.05) is 67.6 Å². The Balaban J connectivity index is 1.24. The summed E-state index contributed by atoms with van der Waals surface area (Å²) in [6.45, 7) is 3.33. The Labute approximate surface area is 195 Å². The molecule has 3 aromatic rings. The number of hydrogen-bond donors (Lipinski definition) is 1. The van der Waals surface area contributed by atoms with Gasteiger partial charge in [-0.3, -0.25) is 9.59 Å². The van der Waals surface area contributed by atoms with Crippen LogP contribution in [0.5, 0.6) is 5.75 Å². The topological polar surface area (TPSA) is 58.6 Å². The number of rotatable bonds is 7. The smallest absolute Gasteiger partial charge is 0.258 e. The fourth-order valence-corrected chi connectivity index (χ4v) is 4.19. The van der Waals surface area contributed by atoms with E-state index in [1.165, 1.54) is 0 Å². The number of piperidine rings is 1. The summed E-state index contributed by atoms with van der Waals surface area (Å²) in [4.78, 5) is 27.1. The summed E-state index contributed by atoms with van der Waals surface area (Å²) in [7, 11) is 0. The number of aryl methyl sites for hydroxylation is 1. The Bertz CT molecular complexity index is 1070. The highest BCUT2D eigenvalue weighted by Crippen LogP contribution is 2.21. The van der Waals surface area contributed by atoms with Gasteiger partial charge in [-0.15, -0.1) is 0 Å². The molecule has 5 heteroatoms. The molecule has 0 radical (unpaired) electrons. The second kappa shape index (κ2) is 10.8. The van der Waals surface area contributed by atoms with E-state index in [1.807, 2.05) is 71.6 Å². The van der Waals surface area contributed by atoms with Gasteiger partial charge in [0.25, 0.3) is 11.8 Å². The van der Waals surface area contributed by atoms with E-state index < -0.39 is 0 Å². The summed E-state index contributed by atoms with van der Waals surface area (Å²) in [5.41, 5.74) is 4.02. The minimum Gasteiger partial charge on any atom is -0.483 e. The van der Waals surface area contributed by atoms with Crippen LogP contribution in [0.3, 0.4) is 0 Å². The number of amides is 2. The van der Waals surface area contributed by atoms with E-state index >= 15 is 0 Å². The maximum absolute atomic E-state index is 12.9. The van der Waals surface area contributed by atoms with Crippen LogP contribution in [-0.4, -0.2) is 42.5 Å². The zero-order valence-electron chi connectivity index (χ0n) is 19.0. The van der Waals surface area contributed by atoms with Gasteiger partial charge in [-0.05, 0) is 54.2 Å². The highest BCUT2D eigenvalue weighted by Gasteiger charge is 2.24. The molecule has 0 aromatic heterocycles. The zero-order chi connectivity index (χ0) is 23.0. The highest BCUT2D eigenvalue weighted by molar-refractivity contribution is 5.94. The Kier molecular flexibility index (Phi) is 7.40. The van der Waals surface area contributed by atoms with Gasteiger partial charge in [0.2, 0.25) is 0 Å². The first-order chi connectivity index (χ1) is 16.1. The Morgan fingerprint density at radius 2 is 1.52 bits per heavy atom. The molecule has 3 aromatic carbocycles. The Hall–Kier alpha value is -3.60. The Morgan fingerprint density at radius 1 is 0.879 bits per heavy atom. The number of nitrogens with zero attached hydrogens (tertiary/aromatic N) is 1. The first-order valence-corrected chi connectivity index (χ1v) is 11.6. The zero-order valence-corrected chi connectivity index (χ0v) is 19.0. The standard InChI is InChI=1S/C28H30N2O3/c1-2-21-8-6-7-11-26(21)33-20-27(31)29-25-16-18-30(19-17-25)28(32)24-14-12-23(13-15-24)22-9-4-3-5-10-22/h3-15,25H,2,16-20H2,1H3,(H,29,31). The van der Waals surface area contributed by atoms with Crippen LogP contribution in [-0.2, 0) is 11.2 Å². The average molecular weight is 443 g/mol. The van der Waals surface area contributed by atoms with E-state index in [1.54, 1.807) is 0 Å². The summed E-state index contributed by atoms with van der Waals surface area (Å²) < 4.78 is 5.71. The van der Waals surface area contributed by atoms with Crippen molar-refractivity contribution in [3.63, 3.8) is 0 Å². The summed E-state index contributed by atoms with van der Waals surface area (Å²) >= 11 is 0. The predicted molar refractivity (Wildman–Crippen MR) is 130 cm³/mol. The van der Waals surface area contributed by atoms with Crippen LogP contribution in [0.1, 0.15) is 35.7 Å². The second-order valence-corrected chi connectivity index (χ2v) is 8.33. The molecule has 1 saturated heterocycles. The lowest BCUT2D eigenvalue weighted by Crippen LogP contribution is -2.47. The van der Waals surface area contributed by atoms with Gasteiger partial charge in [-0.2, -0.15) is 0 Å². The summed E-state index contributed by atoms with van der Waals surface area (Å²) in [5.74, 6) is 0.676. The largest absolute Gasteiger partial charge is 0.483 e. The SMILES string of the molecule is CCc1ccccc1OCC(=O)NC1CCN(C(=O)c2ccc(-c3ccccc3)cc2)CC1. The molecule has 2 amide bonds. The fraction of sp³-hybridized carbons (Fsp3) is 0.286. The van der Waals surface area contributed by atoms with Gasteiger partial charge < -0.3 is 15.0 Å². The van der Waals surface area contributed by atoms with Crippen LogP contribution in [0.25, 0.3) is 11.1 Å². The van der Waals surface area contributed by atoms with Crippen LogP contribution >= 0.6 is 0 Å². The van der Waals surface area contributed by atoms with E-state index in [0.717, 1.165) is 41.7 Å². The summed E-state index contributed by atoms with van der Waals surface area (Å²) in [5, 5.41) is 3.05. The molecule has 5 nitrogen and oxygen atoms in total. The molecule has 0 aliphatic carbocycles. The van der Waals surface area contributed by atoms with Crippen molar-refractivity contribution < 1.29 is 14.3 Å². The molecule has 1 fully saturated rings. The van der Waals surface area contributed by atoms with E-state index in [-0.39, 0.29) is 24.5 Å². The third-order valence-corrected chi connectivity index (χ3v) is 6.10. The number of hydrogen-bond acceptors (Lipinski definition) is 3. The van der Waals surface area contributed by atoms with Crippen molar-refractivity contribution in [3.8, 4) is 16.9 Å². The molecule has 1 heterocycles. The van der Waals surface area contributed by atoms with Crippen LogP contribution in [0.4, 0.5) is 0 Å². The van der Waals surface area contributed by atoms with Crippen LogP contribution in [0, 0.1) is 0 Å². The molecule has 0 atom stereocenters. The number of para-hydroxylation sites is 1. The lowest BCUT2D eigenvalue weighted by molar-refractivity contribution is -0.124. The molecule has 0 saturated carbocycles. The molecule has 0 bridgehead atoms. The van der Waals surface area contributed by atoms with Gasteiger partial charge >= 0.3 is 0 Å². The third-order valence-electron chi connectivity index (χ3n) is 6.10. The number of carbonyl (C=O) groups excluding carboxylic acids is 2. The lowest BCUT2D eigenvalue weighted by atomic mass is 10.0. The quantitative estimate of drug-likeness (QED) is 0.576. The number of nitrogens with one attached hydrogen (secondary N) is 1. The van der Waals surface area contributed by atoms with Crippen molar-refractivity contribution >= 4 is 11.8 Å². The van der Waals surface area contributed by atoms with Crippen molar-refractivity contribution in [1.29, 1.82) is 0 Å². The first-order valence-electron chi connectivity index (χ1n) is 11.6. The van der Waals surface area contributed by atoms with Crippen molar-refractivity contribution in [2.45, 2.75) is 32.2 Å². The van der Waals surface area contributed by atoms with Gasteiger partial charge in [-0.25, -0.2) is 0 Å². The number of ether oxygens (including phenoxy) is 1. The average Bonchev–Trinajstić information content (AvgIpc) is 2.88. The van der Waals surface area contributed by atoms with Gasteiger partial charge in [0, 0.05) is 24.7 Å². The molecular formula is C28H30N2O3. The van der Waals surface area contributed by atoms with E-state index in [4.69, 9.17) is 4.74 Å². The highest BCUT2D eigenvalue weighted by atomic mass is 16.5. The monoisotopic (exact) mass is 442 g/mol. The van der Waals surface area contributed by atoms with Crippen molar-refractivity contribution in [1.82, 2.24) is 10.2 Å². The van der Waals surface area contributed by atoms with Gasteiger partial charge in [0.1, 0.15) is 5.75 Å². The van der Waals surface area contributed by atoms with E-state index in [0.29, 0.717) is 18.7 Å². The maximum atomic E-state index is 12.9. The third kappa shape index (κ3) is 5.80. The van der Waals surface area contributed by atoms with Crippen molar-refractivity contribution in [2.24, 2.45) is 0 Å². The lowest BCUT2D eigenvalue weighted by Gasteiger charge is -2.32. The predicted octanol–water partition coefficient (Wildman–Crippen LogP) is 4.72. The molecule has 4 rings (SSSR count). The molecule has 0 spiro atoms. The Morgan fingerprint density at radius 3 is 2.21 bits per heavy atom. The number of likely N-dealkylation sites (tertiary alicyclic amines) is 1. The van der Waals surface area contributed by atoms with Crippen LogP contribution < -0.4 is 10.1 Å². The van der Waals surface area contributed by atoms with Crippen LogP contribution in [0.15, 0.2) is 78.9 Å². The van der Waals surface area contributed by atoms with Gasteiger partial charge in [0.05, 0.1) is 0 Å². The van der Waals surface area contributed by atoms with E-state index in [9.17, 15) is 9.59 Å². The minimum atomic E-state index is -0.123. The minimum absolute atomic E-state index is 0.00389. The summed E-state index contributed by atoms with van der Waals surface area (Å²) in [6, 6.07) is 25.7. The molecule has 0 unspecified atom stereocenters. The van der Waals surface area contributed by atoms with Gasteiger partial charge in [0.15, 0.2) is 6.61 Å². The van der Waals surface area contributed by atoms with Crippen molar-refractivity contribution in [3.05, 3.63) is 90.0 Å². The van der Waals surface area contributed by atoms with E-state index in [2.05, 4.69) is 24.4 Å². The van der Waals surface area contributed by atoms with Crippen LogP contribution in [0.2, 0.25) is 0 Å². The number of benzene rings is 3. The first kappa shape index (κ1) is 22.6. The normalized spacial score (nSPS) is 14.0. The molecule has 33 heavy (non-hydrogen) atoms. The molecular weight excluding hydrogens is 412 g/mol. The fourth-order valence-electron chi connectivity index (χ4n) is 4.19. The van der Waals surface area contributed by atoms with Crippen molar-refractivity contribution in [2.75, 3.05) is 19.7 Å². The molecule has 1 N–H and O–H groups in total. The molecule has 1 aliphatic rings. The summed E-state index contributed by atoms with van der Waals surface area (Å²) in [6.07, 6.45) is 2.34. The number of carbonyl (C=O) groups is 2.